The van der Waals surface area contributed by atoms with E-state index in [1.807, 2.05) is 7.05 Å². The highest BCUT2D eigenvalue weighted by molar-refractivity contribution is 6.06. The summed E-state index contributed by atoms with van der Waals surface area (Å²) in [5.41, 5.74) is 0.411. The molecule has 0 aliphatic carbocycles. The second-order valence-electron chi connectivity index (χ2n) is 3.08. The third kappa shape index (κ3) is 0.443. The van der Waals surface area contributed by atoms with Gasteiger partial charge in [-0.05, 0) is 19.8 Å². The fourth-order valence-corrected chi connectivity index (χ4v) is 1.95. The molecule has 2 fully saturated rings. The Morgan fingerprint density at radius 1 is 1.67 bits per heavy atom. The molecular formula is C7H12N2. The summed E-state index contributed by atoms with van der Waals surface area (Å²) < 4.78 is 0. The van der Waals surface area contributed by atoms with E-state index in [1.54, 1.807) is 0 Å². The smallest absolute Gasteiger partial charge is 0.125 e. The van der Waals surface area contributed by atoms with Crippen molar-refractivity contribution in [3.8, 4) is 0 Å². The van der Waals surface area contributed by atoms with Gasteiger partial charge in [0, 0.05) is 13.6 Å². The molecule has 0 radical (unpaired) electrons. The van der Waals surface area contributed by atoms with E-state index in [9.17, 15) is 0 Å². The van der Waals surface area contributed by atoms with Gasteiger partial charge in [-0.25, -0.2) is 0 Å². The first-order chi connectivity index (χ1) is 4.29. The third-order valence-electron chi connectivity index (χ3n) is 2.54. The molecule has 2 rings (SSSR count). The molecule has 0 spiro atoms. The lowest BCUT2D eigenvalue weighted by Crippen LogP contribution is -2.03. The molecule has 50 valence electrons. The maximum absolute atomic E-state index is 4.20. The molecule has 0 N–H and O–H groups in total. The van der Waals surface area contributed by atoms with Crippen molar-refractivity contribution >= 4 is 5.84 Å². The minimum absolute atomic E-state index is 0.411. The molecule has 2 saturated heterocycles. The molecule has 2 heterocycles. The van der Waals surface area contributed by atoms with Crippen molar-refractivity contribution in [2.24, 2.45) is 4.99 Å². The van der Waals surface area contributed by atoms with Crippen LogP contribution in [0.5, 0.6) is 0 Å². The number of fused-ring (bicyclic) bond motifs is 1. The average molecular weight is 124 g/mol. The van der Waals surface area contributed by atoms with E-state index < -0.39 is 0 Å². The monoisotopic (exact) mass is 124 g/mol. The number of aliphatic imine (C=N–C) groups is 1. The SMILES string of the molecule is CN=C1N2CCC[C@@]12C. The average Bonchev–Trinajstić information content (AvgIpc) is 2.16. The van der Waals surface area contributed by atoms with E-state index in [4.69, 9.17) is 0 Å². The van der Waals surface area contributed by atoms with Crippen LogP contribution >= 0.6 is 0 Å². The maximum Gasteiger partial charge on any atom is 0.125 e. The van der Waals surface area contributed by atoms with E-state index in [-0.39, 0.29) is 0 Å². The molecule has 0 bridgehead atoms. The van der Waals surface area contributed by atoms with Crippen LogP contribution in [0.4, 0.5) is 0 Å². The number of hydrogen-bond donors (Lipinski definition) is 0. The van der Waals surface area contributed by atoms with Crippen molar-refractivity contribution < 1.29 is 0 Å². The molecule has 0 aromatic heterocycles. The van der Waals surface area contributed by atoms with Gasteiger partial charge in [0.05, 0.1) is 5.54 Å². The van der Waals surface area contributed by atoms with Crippen LogP contribution in [0.3, 0.4) is 0 Å². The normalized spacial score (nSPS) is 43.8. The first-order valence-corrected chi connectivity index (χ1v) is 3.54. The van der Waals surface area contributed by atoms with Gasteiger partial charge in [0.25, 0.3) is 0 Å². The van der Waals surface area contributed by atoms with Crippen molar-refractivity contribution in [1.82, 2.24) is 4.90 Å². The van der Waals surface area contributed by atoms with Crippen molar-refractivity contribution in [1.29, 1.82) is 0 Å². The van der Waals surface area contributed by atoms with Crippen LogP contribution in [0, 0.1) is 0 Å². The van der Waals surface area contributed by atoms with Gasteiger partial charge in [0.1, 0.15) is 5.84 Å². The number of nitrogens with zero attached hydrogens (tertiary/aromatic N) is 2. The lowest BCUT2D eigenvalue weighted by Gasteiger charge is -1.93. The fourth-order valence-electron chi connectivity index (χ4n) is 1.95. The van der Waals surface area contributed by atoms with E-state index in [1.165, 1.54) is 25.2 Å². The van der Waals surface area contributed by atoms with Gasteiger partial charge in [0.2, 0.25) is 0 Å². The van der Waals surface area contributed by atoms with Crippen molar-refractivity contribution in [3.63, 3.8) is 0 Å². The summed E-state index contributed by atoms with van der Waals surface area (Å²) in [6, 6.07) is 0. The third-order valence-corrected chi connectivity index (χ3v) is 2.54. The highest BCUT2D eigenvalue weighted by Crippen LogP contribution is 2.44. The first-order valence-electron chi connectivity index (χ1n) is 3.54. The fraction of sp³-hybridized carbons (Fsp3) is 0.857. The Kier molecular flexibility index (Phi) is 0.765. The number of rotatable bonds is 0. The second-order valence-corrected chi connectivity index (χ2v) is 3.08. The molecule has 2 aliphatic rings. The maximum atomic E-state index is 4.20. The molecule has 2 heteroatoms. The summed E-state index contributed by atoms with van der Waals surface area (Å²) in [4.78, 5) is 6.59. The van der Waals surface area contributed by atoms with Crippen LogP contribution in [-0.4, -0.2) is 29.9 Å². The van der Waals surface area contributed by atoms with Gasteiger partial charge in [0.15, 0.2) is 0 Å². The summed E-state index contributed by atoms with van der Waals surface area (Å²) in [5, 5.41) is 0. The zero-order chi connectivity index (χ0) is 6.48. The molecule has 1 atom stereocenters. The van der Waals surface area contributed by atoms with Gasteiger partial charge in [-0.2, -0.15) is 0 Å². The zero-order valence-corrected chi connectivity index (χ0v) is 6.02. The number of amidine groups is 1. The van der Waals surface area contributed by atoms with Crippen LogP contribution in [0.15, 0.2) is 4.99 Å². The molecular weight excluding hydrogens is 112 g/mol. The minimum atomic E-state index is 0.411. The second kappa shape index (κ2) is 1.31. The largest absolute Gasteiger partial charge is 0.346 e. The lowest BCUT2D eigenvalue weighted by molar-refractivity contribution is 0.534. The Bertz CT molecular complexity index is 174. The molecule has 0 aromatic rings. The van der Waals surface area contributed by atoms with E-state index >= 15 is 0 Å². The van der Waals surface area contributed by atoms with Crippen LogP contribution in [0.25, 0.3) is 0 Å². The molecule has 0 aromatic carbocycles. The molecule has 2 nitrogen and oxygen atoms in total. The minimum Gasteiger partial charge on any atom is -0.346 e. The van der Waals surface area contributed by atoms with Gasteiger partial charge in [-0.15, -0.1) is 0 Å². The van der Waals surface area contributed by atoms with Crippen molar-refractivity contribution in [2.45, 2.75) is 25.3 Å². The molecule has 0 unspecified atom stereocenters. The van der Waals surface area contributed by atoms with E-state index in [0.29, 0.717) is 5.54 Å². The number of hydrogen-bond acceptors (Lipinski definition) is 1. The van der Waals surface area contributed by atoms with Crippen LogP contribution in [0.2, 0.25) is 0 Å². The topological polar surface area (TPSA) is 15.4 Å². The first kappa shape index (κ1) is 5.27. The lowest BCUT2D eigenvalue weighted by atomic mass is 10.1. The molecule has 0 saturated carbocycles. The zero-order valence-electron chi connectivity index (χ0n) is 6.02. The Morgan fingerprint density at radius 2 is 2.44 bits per heavy atom. The summed E-state index contributed by atoms with van der Waals surface area (Å²) >= 11 is 0. The highest BCUT2D eigenvalue weighted by Gasteiger charge is 2.57. The summed E-state index contributed by atoms with van der Waals surface area (Å²) in [6.07, 6.45) is 2.68. The van der Waals surface area contributed by atoms with Gasteiger partial charge < -0.3 is 4.90 Å². The molecule has 0 amide bonds. The predicted molar refractivity (Wildman–Crippen MR) is 37.7 cm³/mol. The van der Waals surface area contributed by atoms with Crippen molar-refractivity contribution in [3.05, 3.63) is 0 Å². The Labute approximate surface area is 55.6 Å². The Balaban J connectivity index is 2.26. The summed E-state index contributed by atoms with van der Waals surface area (Å²) in [6.45, 7) is 3.52. The van der Waals surface area contributed by atoms with Crippen LogP contribution in [-0.2, 0) is 0 Å². The standard InChI is InChI=1S/C7H12N2/c1-7-4-3-5-9(7)6(7)8-2/h3-5H2,1-2H3/t7-,9?/m0/s1. The van der Waals surface area contributed by atoms with E-state index in [0.717, 1.165) is 0 Å². The Hall–Kier alpha value is -0.530. The molecule has 2 aliphatic heterocycles. The van der Waals surface area contributed by atoms with Gasteiger partial charge in [-0.1, -0.05) is 0 Å². The van der Waals surface area contributed by atoms with Crippen LogP contribution < -0.4 is 0 Å². The molecule has 9 heavy (non-hydrogen) atoms. The van der Waals surface area contributed by atoms with Gasteiger partial charge >= 0.3 is 0 Å². The van der Waals surface area contributed by atoms with Gasteiger partial charge in [-0.3, -0.25) is 4.99 Å². The summed E-state index contributed by atoms with van der Waals surface area (Å²) in [5.74, 6) is 1.33. The van der Waals surface area contributed by atoms with E-state index in [2.05, 4.69) is 16.8 Å². The van der Waals surface area contributed by atoms with Crippen LogP contribution in [0.1, 0.15) is 19.8 Å². The summed E-state index contributed by atoms with van der Waals surface area (Å²) in [7, 11) is 1.89. The number of piperidine rings is 1. The van der Waals surface area contributed by atoms with Crippen molar-refractivity contribution in [2.75, 3.05) is 13.6 Å². The highest BCUT2D eigenvalue weighted by atomic mass is 15.4. The quantitative estimate of drug-likeness (QED) is 0.438. The predicted octanol–water partition coefficient (Wildman–Crippen LogP) is 0.883. The Morgan fingerprint density at radius 3 is 2.78 bits per heavy atom.